The number of carbonyl (C=O) groups excluding carboxylic acids is 1. The van der Waals surface area contributed by atoms with E-state index in [1.807, 2.05) is 13.8 Å². The highest BCUT2D eigenvalue weighted by atomic mass is 32.1. The summed E-state index contributed by atoms with van der Waals surface area (Å²) in [7, 11) is 0. The van der Waals surface area contributed by atoms with Gasteiger partial charge in [-0.05, 0) is 37.6 Å². The molecular formula is C23H22FN5O5S. The monoisotopic (exact) mass is 499 g/mol. The highest BCUT2D eigenvalue weighted by molar-refractivity contribution is 6.99. The molecule has 1 amide bonds. The van der Waals surface area contributed by atoms with Gasteiger partial charge in [-0.1, -0.05) is 11.2 Å². The van der Waals surface area contributed by atoms with Gasteiger partial charge in [-0.15, -0.1) is 4.37 Å². The molecule has 1 fully saturated rings. The summed E-state index contributed by atoms with van der Waals surface area (Å²) in [6.07, 6.45) is 2.04. The summed E-state index contributed by atoms with van der Waals surface area (Å²) in [5, 5.41) is 13.1. The zero-order valence-corrected chi connectivity index (χ0v) is 19.7. The van der Waals surface area contributed by atoms with E-state index in [9.17, 15) is 9.90 Å². The Balaban J connectivity index is 1.33. The maximum absolute atomic E-state index is 15.2. The average molecular weight is 500 g/mol. The lowest BCUT2D eigenvalue weighted by molar-refractivity contribution is 0.0390. The second-order valence-electron chi connectivity index (χ2n) is 8.29. The first kappa shape index (κ1) is 23.1. The number of aromatic nitrogens is 3. The molecule has 35 heavy (non-hydrogen) atoms. The first-order chi connectivity index (χ1) is 16.9. The molecule has 10 nitrogen and oxygen atoms in total. The van der Waals surface area contributed by atoms with Crippen LogP contribution >= 0.6 is 11.7 Å². The summed E-state index contributed by atoms with van der Waals surface area (Å²) in [6, 6.07) is 6.13. The number of ether oxygens (including phenoxy) is 2. The largest absolute Gasteiger partial charge is 0.472 e. The molecule has 0 radical (unpaired) electrons. The number of aryl methyl sites for hydroxylation is 1. The lowest BCUT2D eigenvalue weighted by Gasteiger charge is -2.23. The third-order valence-electron chi connectivity index (χ3n) is 5.98. The number of amides is 1. The van der Waals surface area contributed by atoms with E-state index < -0.39 is 18.0 Å². The normalized spacial score (nSPS) is 21.6. The number of aliphatic hydroxyl groups is 1. The molecule has 12 heteroatoms. The summed E-state index contributed by atoms with van der Waals surface area (Å²) in [6.45, 7) is 3.62. The number of halogens is 1. The standard InChI is InChI=1S/C23H22FN5O5S/c1-12-5-16(14-3-4-18(25-8-14)19-6-15(10-30)34-27-19)17(24)7-20(12)29-13(2)21(33-23(29)31)11-32-22-9-26-35-28-22/h3-5,7-9,13,15,21,30H,6,10-11H2,1-2H3/t13-,15-,21-/m0/s1. The van der Waals surface area contributed by atoms with Crippen LogP contribution in [0.4, 0.5) is 14.9 Å². The molecule has 3 atom stereocenters. The van der Waals surface area contributed by atoms with Crippen LogP contribution in [0.3, 0.4) is 0 Å². The summed E-state index contributed by atoms with van der Waals surface area (Å²) in [5.74, 6) is -0.126. The molecule has 1 aromatic carbocycles. The third-order valence-corrected chi connectivity index (χ3v) is 6.44. The Morgan fingerprint density at radius 1 is 1.31 bits per heavy atom. The van der Waals surface area contributed by atoms with Crippen molar-refractivity contribution in [3.8, 4) is 17.0 Å². The zero-order chi connectivity index (χ0) is 24.5. The van der Waals surface area contributed by atoms with Gasteiger partial charge in [0, 0.05) is 23.7 Å². The van der Waals surface area contributed by atoms with Crippen molar-refractivity contribution in [3.05, 3.63) is 53.7 Å². The fraction of sp³-hybridized carbons (Fsp3) is 0.348. The van der Waals surface area contributed by atoms with Crippen molar-refractivity contribution in [2.24, 2.45) is 5.16 Å². The van der Waals surface area contributed by atoms with Gasteiger partial charge in [-0.2, -0.15) is 4.37 Å². The predicted octanol–water partition coefficient (Wildman–Crippen LogP) is 3.33. The minimum absolute atomic E-state index is 0.113. The molecule has 2 aliphatic heterocycles. The molecule has 3 aromatic rings. The summed E-state index contributed by atoms with van der Waals surface area (Å²) < 4.78 is 34.1. The number of pyridine rings is 1. The lowest BCUT2D eigenvalue weighted by atomic mass is 10.0. The average Bonchev–Trinajstić information content (AvgIpc) is 3.60. The quantitative estimate of drug-likeness (QED) is 0.526. The van der Waals surface area contributed by atoms with Crippen molar-refractivity contribution in [1.82, 2.24) is 13.7 Å². The third kappa shape index (κ3) is 4.54. The molecule has 4 heterocycles. The van der Waals surface area contributed by atoms with Gasteiger partial charge in [0.15, 0.2) is 12.2 Å². The van der Waals surface area contributed by atoms with E-state index in [-0.39, 0.29) is 25.4 Å². The zero-order valence-electron chi connectivity index (χ0n) is 18.9. The Morgan fingerprint density at radius 3 is 2.86 bits per heavy atom. The van der Waals surface area contributed by atoms with Crippen molar-refractivity contribution >= 4 is 29.2 Å². The van der Waals surface area contributed by atoms with Gasteiger partial charge in [0.1, 0.15) is 24.3 Å². The van der Waals surface area contributed by atoms with Crippen LogP contribution in [0.2, 0.25) is 0 Å². The molecule has 0 saturated carbocycles. The van der Waals surface area contributed by atoms with Gasteiger partial charge in [-0.25, -0.2) is 9.18 Å². The highest BCUT2D eigenvalue weighted by Gasteiger charge is 2.41. The number of anilines is 1. The topological polar surface area (TPSA) is 119 Å². The van der Waals surface area contributed by atoms with Crippen LogP contribution in [0.25, 0.3) is 11.1 Å². The fourth-order valence-corrected chi connectivity index (χ4v) is 4.41. The van der Waals surface area contributed by atoms with Crippen LogP contribution in [0.5, 0.6) is 5.88 Å². The van der Waals surface area contributed by atoms with E-state index in [1.165, 1.54) is 17.2 Å². The van der Waals surface area contributed by atoms with Gasteiger partial charge < -0.3 is 19.4 Å². The molecule has 1 saturated heterocycles. The van der Waals surface area contributed by atoms with Crippen LogP contribution in [0.15, 0.2) is 41.8 Å². The highest BCUT2D eigenvalue weighted by Crippen LogP contribution is 2.34. The maximum atomic E-state index is 15.2. The molecule has 5 rings (SSSR count). The Kier molecular flexibility index (Phi) is 6.31. The molecule has 2 aromatic heterocycles. The van der Waals surface area contributed by atoms with Crippen LogP contribution in [0.1, 0.15) is 24.6 Å². The minimum Gasteiger partial charge on any atom is -0.472 e. The molecule has 0 spiro atoms. The number of nitrogens with zero attached hydrogens (tertiary/aromatic N) is 5. The Hall–Kier alpha value is -3.64. The van der Waals surface area contributed by atoms with Gasteiger partial charge in [0.25, 0.3) is 0 Å². The second-order valence-corrected chi connectivity index (χ2v) is 8.85. The van der Waals surface area contributed by atoms with Crippen molar-refractivity contribution in [2.75, 3.05) is 18.1 Å². The van der Waals surface area contributed by atoms with E-state index in [2.05, 4.69) is 18.9 Å². The Labute approximate surface area is 204 Å². The number of oxime groups is 1. The van der Waals surface area contributed by atoms with E-state index in [4.69, 9.17) is 14.3 Å². The van der Waals surface area contributed by atoms with Crippen LogP contribution in [0, 0.1) is 12.7 Å². The molecule has 1 N–H and O–H groups in total. The van der Waals surface area contributed by atoms with Gasteiger partial charge in [0.05, 0.1) is 35.8 Å². The van der Waals surface area contributed by atoms with E-state index in [1.54, 1.807) is 24.4 Å². The first-order valence-corrected chi connectivity index (χ1v) is 11.7. The molecular weight excluding hydrogens is 477 g/mol. The molecule has 0 aliphatic carbocycles. The number of cyclic esters (lactones) is 1. The molecule has 0 bridgehead atoms. The van der Waals surface area contributed by atoms with Crippen LogP contribution in [-0.4, -0.2) is 62.1 Å². The maximum Gasteiger partial charge on any atom is 0.415 e. The first-order valence-electron chi connectivity index (χ1n) is 10.9. The van der Waals surface area contributed by atoms with Crippen molar-refractivity contribution in [3.63, 3.8) is 0 Å². The van der Waals surface area contributed by atoms with Crippen LogP contribution < -0.4 is 9.64 Å². The summed E-state index contributed by atoms with van der Waals surface area (Å²) in [4.78, 5) is 23.6. The molecule has 2 aliphatic rings. The number of hydrogen-bond donors (Lipinski definition) is 1. The predicted molar refractivity (Wildman–Crippen MR) is 125 cm³/mol. The Bertz CT molecular complexity index is 1250. The van der Waals surface area contributed by atoms with Gasteiger partial charge in [0.2, 0.25) is 5.88 Å². The summed E-state index contributed by atoms with van der Waals surface area (Å²) >= 11 is 1.02. The molecule has 0 unspecified atom stereocenters. The van der Waals surface area contributed by atoms with Gasteiger partial charge >= 0.3 is 6.09 Å². The van der Waals surface area contributed by atoms with E-state index in [0.717, 1.165) is 11.7 Å². The minimum atomic E-state index is -0.565. The van der Waals surface area contributed by atoms with Crippen LogP contribution in [-0.2, 0) is 9.57 Å². The number of carbonyl (C=O) groups is 1. The van der Waals surface area contributed by atoms with Crippen molar-refractivity contribution < 1.29 is 28.6 Å². The number of benzene rings is 1. The Morgan fingerprint density at radius 2 is 2.17 bits per heavy atom. The number of rotatable bonds is 7. The lowest BCUT2D eigenvalue weighted by Crippen LogP contribution is -2.37. The molecule has 182 valence electrons. The van der Waals surface area contributed by atoms with Gasteiger partial charge in [-0.3, -0.25) is 9.88 Å². The fourth-order valence-electron chi connectivity index (χ4n) is 4.05. The second kappa shape index (κ2) is 9.55. The van der Waals surface area contributed by atoms with Crippen molar-refractivity contribution in [2.45, 2.75) is 38.5 Å². The number of hydrogen-bond acceptors (Lipinski definition) is 10. The van der Waals surface area contributed by atoms with Crippen molar-refractivity contribution in [1.29, 1.82) is 0 Å². The van der Waals surface area contributed by atoms with E-state index in [0.29, 0.717) is 46.1 Å². The smallest absolute Gasteiger partial charge is 0.415 e. The SMILES string of the molecule is Cc1cc(-c2ccc(C3=NO[C@H](CO)C3)nc2)c(F)cc1N1C(=O)O[C@@H](COc2cnsn2)[C@@H]1C. The summed E-state index contributed by atoms with van der Waals surface area (Å²) in [5.41, 5.74) is 3.32. The number of aliphatic hydroxyl groups excluding tert-OH is 1. The van der Waals surface area contributed by atoms with E-state index >= 15 is 4.39 Å².